The van der Waals surface area contributed by atoms with Crippen LogP contribution in [0.5, 0.6) is 5.75 Å². The van der Waals surface area contributed by atoms with Crippen LogP contribution in [0.2, 0.25) is 0 Å². The Balaban J connectivity index is 1.45. The Morgan fingerprint density at radius 2 is 1.60 bits per heavy atom. The average Bonchev–Trinajstić information content (AvgIpc) is 3.57. The first-order valence-electron chi connectivity index (χ1n) is 15.5. The number of ether oxygens (including phenoxy) is 2. The summed E-state index contributed by atoms with van der Waals surface area (Å²) in [5, 5.41) is 16.3. The van der Waals surface area contributed by atoms with E-state index in [-0.39, 0.29) is 24.3 Å². The molecule has 1 spiro atoms. The zero-order valence-electron chi connectivity index (χ0n) is 25.8. The van der Waals surface area contributed by atoms with Gasteiger partial charge in [-0.25, -0.2) is 0 Å². The third-order valence-corrected chi connectivity index (χ3v) is 9.52. The molecule has 0 aliphatic carbocycles. The smallest absolute Gasteiger partial charge is 0.250 e. The summed E-state index contributed by atoms with van der Waals surface area (Å²) in [7, 11) is 0. The highest BCUT2D eigenvalue weighted by Gasteiger charge is 2.78. The highest BCUT2D eigenvalue weighted by Crippen LogP contribution is 2.63. The lowest BCUT2D eigenvalue weighted by Crippen LogP contribution is -2.56. The molecule has 10 nitrogen and oxygen atoms in total. The number of anilines is 3. The van der Waals surface area contributed by atoms with Crippen LogP contribution < -0.4 is 20.3 Å². The van der Waals surface area contributed by atoms with Crippen LogP contribution in [-0.4, -0.2) is 77.3 Å². The first-order valence-corrected chi connectivity index (χ1v) is 15.5. The van der Waals surface area contributed by atoms with Crippen molar-refractivity contribution in [3.8, 4) is 5.75 Å². The molecule has 0 radical (unpaired) electrons. The van der Waals surface area contributed by atoms with Crippen molar-refractivity contribution in [2.24, 2.45) is 11.8 Å². The number of fused-ring (bicyclic) bond motifs is 1. The van der Waals surface area contributed by atoms with Crippen LogP contribution in [0.3, 0.4) is 0 Å². The van der Waals surface area contributed by atoms with Crippen molar-refractivity contribution < 1.29 is 29.0 Å². The third-order valence-electron chi connectivity index (χ3n) is 9.52. The van der Waals surface area contributed by atoms with Crippen molar-refractivity contribution in [1.29, 1.82) is 0 Å². The van der Waals surface area contributed by atoms with Crippen LogP contribution in [0.1, 0.15) is 53.9 Å². The summed E-state index contributed by atoms with van der Waals surface area (Å²) in [6, 6.07) is 13.1. The van der Waals surface area contributed by atoms with Crippen LogP contribution in [-0.2, 0) is 19.1 Å². The second-order valence-corrected chi connectivity index (χ2v) is 11.9. The largest absolute Gasteiger partial charge is 0.494 e. The van der Waals surface area contributed by atoms with Crippen molar-refractivity contribution in [2.45, 2.75) is 77.2 Å². The summed E-state index contributed by atoms with van der Waals surface area (Å²) in [5.74, 6) is -1.98. The molecule has 10 heteroatoms. The summed E-state index contributed by atoms with van der Waals surface area (Å²) in [6.07, 6.45) is 1.45. The molecule has 3 fully saturated rings. The quantitative estimate of drug-likeness (QED) is 0.340. The summed E-state index contributed by atoms with van der Waals surface area (Å²) in [5.41, 5.74) is 0.152. The number of nitrogens with one attached hydrogen (secondary N) is 2. The molecule has 2 aromatic rings. The topological polar surface area (TPSA) is 120 Å². The number of rotatable bonds is 12. The lowest BCUT2D eigenvalue weighted by atomic mass is 9.66. The summed E-state index contributed by atoms with van der Waals surface area (Å²) in [4.78, 5) is 46.0. The molecule has 3 N–H and O–H groups in total. The Kier molecular flexibility index (Phi) is 8.72. The number of hydrogen-bond donors (Lipinski definition) is 3. The summed E-state index contributed by atoms with van der Waals surface area (Å²) in [6.45, 7) is 11.8. The number of benzene rings is 2. The molecular formula is C33H44N4O6. The number of amides is 3. The van der Waals surface area contributed by atoms with Gasteiger partial charge in [-0.05, 0) is 95.5 Å². The minimum atomic E-state index is -1.18. The number of aliphatic hydroxyl groups excluding tert-OH is 1. The van der Waals surface area contributed by atoms with Crippen molar-refractivity contribution in [3.63, 3.8) is 0 Å². The van der Waals surface area contributed by atoms with Gasteiger partial charge in [0.05, 0.1) is 36.7 Å². The summed E-state index contributed by atoms with van der Waals surface area (Å²) >= 11 is 0. The van der Waals surface area contributed by atoms with E-state index in [9.17, 15) is 19.5 Å². The van der Waals surface area contributed by atoms with Gasteiger partial charge in [-0.3, -0.25) is 14.4 Å². The second-order valence-electron chi connectivity index (χ2n) is 11.9. The van der Waals surface area contributed by atoms with Crippen LogP contribution in [0.15, 0.2) is 48.5 Å². The fourth-order valence-electron chi connectivity index (χ4n) is 7.45. The third kappa shape index (κ3) is 5.25. The van der Waals surface area contributed by atoms with Gasteiger partial charge in [-0.15, -0.1) is 0 Å². The first-order chi connectivity index (χ1) is 20.7. The summed E-state index contributed by atoms with van der Waals surface area (Å²) < 4.78 is 12.2. The van der Waals surface area contributed by atoms with Gasteiger partial charge in [0.15, 0.2) is 0 Å². The van der Waals surface area contributed by atoms with Crippen LogP contribution in [0.25, 0.3) is 0 Å². The van der Waals surface area contributed by atoms with E-state index in [0.717, 1.165) is 18.8 Å². The molecule has 0 aromatic heterocycles. The van der Waals surface area contributed by atoms with E-state index in [4.69, 9.17) is 9.47 Å². The number of aliphatic hydroxyl groups is 1. The zero-order valence-corrected chi connectivity index (χ0v) is 25.8. The molecule has 5 rings (SSSR count). The van der Waals surface area contributed by atoms with Crippen molar-refractivity contribution >= 4 is 34.8 Å². The normalized spacial score (nSPS) is 28.0. The molecule has 2 unspecified atom stereocenters. The SMILES string of the molecule is CCOc1ccc(NC(=O)[C@@H]2[C@H]3C(=O)N([C@@H](CC)CO)C(C(=O)Nc4ccc(N(CC)CC)cc4)C34CC[C@@]2(C)O4)cc1. The van der Waals surface area contributed by atoms with Gasteiger partial charge >= 0.3 is 0 Å². The molecule has 3 heterocycles. The van der Waals surface area contributed by atoms with E-state index in [1.54, 1.807) is 24.3 Å². The van der Waals surface area contributed by atoms with Gasteiger partial charge in [-0.2, -0.15) is 0 Å². The van der Waals surface area contributed by atoms with E-state index >= 15 is 0 Å². The van der Waals surface area contributed by atoms with E-state index in [1.807, 2.05) is 45.0 Å². The number of nitrogens with zero attached hydrogens (tertiary/aromatic N) is 2. The minimum Gasteiger partial charge on any atom is -0.494 e. The Morgan fingerprint density at radius 1 is 1.00 bits per heavy atom. The maximum Gasteiger partial charge on any atom is 0.250 e. The minimum absolute atomic E-state index is 0.298. The standard InChI is InChI=1S/C33H44N4O6/c1-6-23(20-38)37-28(30(40)35-21-10-14-24(15-11-21)36(7-2)8-3)33-19-18-32(5,43-33)26(27(33)31(37)41)29(39)34-22-12-16-25(17-13-22)42-9-4/h10-17,23,26-28,38H,6-9,18-20H2,1-5H3,(H,34,39)(H,35,40)/t23-,26-,27-,28?,32+,33?/m0/s1. The van der Waals surface area contributed by atoms with Crippen molar-refractivity contribution in [2.75, 3.05) is 41.8 Å². The first kappa shape index (κ1) is 30.8. The van der Waals surface area contributed by atoms with Crippen LogP contribution >= 0.6 is 0 Å². The molecule has 2 aromatic carbocycles. The molecule has 43 heavy (non-hydrogen) atoms. The maximum absolute atomic E-state index is 14.3. The Bertz CT molecular complexity index is 1330. The molecule has 2 bridgehead atoms. The lowest BCUT2D eigenvalue weighted by molar-refractivity contribution is -0.146. The molecule has 232 valence electrons. The van der Waals surface area contributed by atoms with Crippen molar-refractivity contribution in [3.05, 3.63) is 48.5 Å². The van der Waals surface area contributed by atoms with E-state index in [2.05, 4.69) is 29.4 Å². The van der Waals surface area contributed by atoms with Gasteiger partial charge in [-0.1, -0.05) is 6.92 Å². The van der Waals surface area contributed by atoms with Gasteiger partial charge in [0.2, 0.25) is 17.7 Å². The van der Waals surface area contributed by atoms with Gasteiger partial charge in [0, 0.05) is 30.2 Å². The van der Waals surface area contributed by atoms with Crippen LogP contribution in [0.4, 0.5) is 17.1 Å². The van der Waals surface area contributed by atoms with E-state index < -0.39 is 35.1 Å². The van der Waals surface area contributed by atoms with Crippen molar-refractivity contribution in [1.82, 2.24) is 4.90 Å². The Hall–Kier alpha value is -3.63. The highest BCUT2D eigenvalue weighted by atomic mass is 16.5. The number of carbonyl (C=O) groups is 3. The second kappa shape index (κ2) is 12.2. The zero-order chi connectivity index (χ0) is 30.9. The molecule has 0 saturated carbocycles. The fraction of sp³-hybridized carbons (Fsp3) is 0.545. The van der Waals surface area contributed by atoms with Gasteiger partial charge < -0.3 is 35.0 Å². The van der Waals surface area contributed by atoms with Crippen LogP contribution in [0, 0.1) is 11.8 Å². The number of likely N-dealkylation sites (tertiary alicyclic amines) is 1. The number of hydrogen-bond acceptors (Lipinski definition) is 7. The number of carbonyl (C=O) groups excluding carboxylic acids is 3. The highest BCUT2D eigenvalue weighted by molar-refractivity contribution is 6.05. The Labute approximate surface area is 253 Å². The monoisotopic (exact) mass is 592 g/mol. The molecule has 3 saturated heterocycles. The molecule has 3 amide bonds. The van der Waals surface area contributed by atoms with E-state index in [0.29, 0.717) is 43.0 Å². The average molecular weight is 593 g/mol. The van der Waals surface area contributed by atoms with Gasteiger partial charge in [0.25, 0.3) is 0 Å². The molecule has 6 atom stereocenters. The molecular weight excluding hydrogens is 548 g/mol. The van der Waals surface area contributed by atoms with E-state index in [1.165, 1.54) is 4.90 Å². The Morgan fingerprint density at radius 3 is 2.16 bits per heavy atom. The predicted molar refractivity (Wildman–Crippen MR) is 165 cm³/mol. The fourth-order valence-corrected chi connectivity index (χ4v) is 7.45. The molecule has 3 aliphatic heterocycles. The predicted octanol–water partition coefficient (Wildman–Crippen LogP) is 4.04. The maximum atomic E-state index is 14.3. The lowest BCUT2D eigenvalue weighted by Gasteiger charge is -2.36. The van der Waals surface area contributed by atoms with Gasteiger partial charge in [0.1, 0.15) is 17.4 Å². The molecule has 3 aliphatic rings.